The van der Waals surface area contributed by atoms with Crippen molar-refractivity contribution in [3.63, 3.8) is 0 Å². The van der Waals surface area contributed by atoms with E-state index < -0.39 is 0 Å². The molecule has 2 heterocycles. The largest absolute Gasteiger partial charge is 0.333 e. The van der Waals surface area contributed by atoms with Gasteiger partial charge in [0.15, 0.2) is 0 Å². The standard InChI is InChI=1S/C14H22N2OS/c1-11-9-13(18-12(11)2)10-15-14(17)16-7-5-3-4-6-8-16/h9H,3-8,10H2,1-2H3,(H,15,17). The van der Waals surface area contributed by atoms with Crippen LogP contribution in [-0.4, -0.2) is 24.0 Å². The number of carbonyl (C=O) groups is 1. The molecule has 0 spiro atoms. The van der Waals surface area contributed by atoms with Crippen molar-refractivity contribution in [3.05, 3.63) is 21.4 Å². The second-order valence-electron chi connectivity index (χ2n) is 5.01. The van der Waals surface area contributed by atoms with Crippen molar-refractivity contribution in [2.75, 3.05) is 13.1 Å². The normalized spacial score (nSPS) is 16.4. The monoisotopic (exact) mass is 266 g/mol. The van der Waals surface area contributed by atoms with Crippen LogP contribution in [0.25, 0.3) is 0 Å². The predicted molar refractivity (Wildman–Crippen MR) is 76.1 cm³/mol. The average molecular weight is 266 g/mol. The molecule has 1 N–H and O–H groups in total. The Morgan fingerprint density at radius 1 is 1.28 bits per heavy atom. The molecule has 0 atom stereocenters. The van der Waals surface area contributed by atoms with Gasteiger partial charge >= 0.3 is 6.03 Å². The summed E-state index contributed by atoms with van der Waals surface area (Å²) in [6.45, 7) is 6.73. The van der Waals surface area contributed by atoms with E-state index in [2.05, 4.69) is 25.2 Å². The maximum absolute atomic E-state index is 12.0. The van der Waals surface area contributed by atoms with E-state index in [-0.39, 0.29) is 6.03 Å². The van der Waals surface area contributed by atoms with Crippen LogP contribution in [0.5, 0.6) is 0 Å². The van der Waals surface area contributed by atoms with Crippen molar-refractivity contribution >= 4 is 17.4 Å². The number of hydrogen-bond acceptors (Lipinski definition) is 2. The Kier molecular flexibility index (Phi) is 4.64. The number of carbonyl (C=O) groups excluding carboxylic acids is 1. The highest BCUT2D eigenvalue weighted by molar-refractivity contribution is 7.12. The van der Waals surface area contributed by atoms with Crippen molar-refractivity contribution in [1.29, 1.82) is 0 Å². The van der Waals surface area contributed by atoms with Crippen LogP contribution in [0.3, 0.4) is 0 Å². The summed E-state index contributed by atoms with van der Waals surface area (Å²) in [4.78, 5) is 16.6. The summed E-state index contributed by atoms with van der Waals surface area (Å²) in [7, 11) is 0. The zero-order valence-corrected chi connectivity index (χ0v) is 12.1. The number of nitrogens with zero attached hydrogens (tertiary/aromatic N) is 1. The van der Waals surface area contributed by atoms with E-state index in [0.717, 1.165) is 25.9 Å². The quantitative estimate of drug-likeness (QED) is 0.873. The number of likely N-dealkylation sites (tertiary alicyclic amines) is 1. The first kappa shape index (κ1) is 13.4. The maximum Gasteiger partial charge on any atom is 0.317 e. The SMILES string of the molecule is Cc1cc(CNC(=O)N2CCCCCC2)sc1C. The Labute approximate surface area is 113 Å². The van der Waals surface area contributed by atoms with Crippen LogP contribution in [-0.2, 0) is 6.54 Å². The highest BCUT2D eigenvalue weighted by atomic mass is 32.1. The second kappa shape index (κ2) is 6.23. The molecule has 0 unspecified atom stereocenters. The van der Waals surface area contributed by atoms with Gasteiger partial charge in [-0.1, -0.05) is 12.8 Å². The van der Waals surface area contributed by atoms with Crippen LogP contribution >= 0.6 is 11.3 Å². The van der Waals surface area contributed by atoms with E-state index in [0.29, 0.717) is 6.54 Å². The lowest BCUT2D eigenvalue weighted by Crippen LogP contribution is -2.39. The fourth-order valence-corrected chi connectivity index (χ4v) is 3.28. The van der Waals surface area contributed by atoms with E-state index in [9.17, 15) is 4.79 Å². The number of amides is 2. The molecular formula is C14H22N2OS. The Balaban J connectivity index is 1.83. The first-order valence-corrected chi connectivity index (χ1v) is 7.57. The summed E-state index contributed by atoms with van der Waals surface area (Å²) < 4.78 is 0. The topological polar surface area (TPSA) is 32.3 Å². The lowest BCUT2D eigenvalue weighted by Gasteiger charge is -2.20. The van der Waals surface area contributed by atoms with Gasteiger partial charge in [0.25, 0.3) is 0 Å². The number of rotatable bonds is 2. The molecule has 1 aliphatic rings. The minimum atomic E-state index is 0.0978. The summed E-state index contributed by atoms with van der Waals surface area (Å²) in [5, 5.41) is 3.03. The molecule has 1 fully saturated rings. The average Bonchev–Trinajstić information content (AvgIpc) is 2.60. The molecule has 1 aromatic heterocycles. The van der Waals surface area contributed by atoms with Crippen LogP contribution in [0.2, 0.25) is 0 Å². The maximum atomic E-state index is 12.0. The lowest BCUT2D eigenvalue weighted by molar-refractivity contribution is 0.199. The Hall–Kier alpha value is -1.03. The number of nitrogens with one attached hydrogen (secondary N) is 1. The lowest BCUT2D eigenvalue weighted by atomic mass is 10.2. The summed E-state index contributed by atoms with van der Waals surface area (Å²) in [6, 6.07) is 2.27. The smallest absolute Gasteiger partial charge is 0.317 e. The zero-order chi connectivity index (χ0) is 13.0. The second-order valence-corrected chi connectivity index (χ2v) is 6.35. The molecule has 0 aromatic carbocycles. The molecular weight excluding hydrogens is 244 g/mol. The van der Waals surface area contributed by atoms with Gasteiger partial charge in [0.1, 0.15) is 0 Å². The van der Waals surface area contributed by atoms with E-state index in [4.69, 9.17) is 0 Å². The first-order valence-electron chi connectivity index (χ1n) is 6.75. The van der Waals surface area contributed by atoms with Gasteiger partial charge < -0.3 is 10.2 Å². The first-order chi connectivity index (χ1) is 8.66. The van der Waals surface area contributed by atoms with Crippen LogP contribution in [0.15, 0.2) is 6.07 Å². The van der Waals surface area contributed by atoms with Crippen LogP contribution in [0.4, 0.5) is 4.79 Å². The fourth-order valence-electron chi connectivity index (χ4n) is 2.29. The third-order valence-electron chi connectivity index (χ3n) is 3.52. The summed E-state index contributed by atoms with van der Waals surface area (Å²) >= 11 is 1.77. The molecule has 3 nitrogen and oxygen atoms in total. The molecule has 2 amide bonds. The molecule has 0 aliphatic carbocycles. The van der Waals surface area contributed by atoms with E-state index in [1.54, 1.807) is 11.3 Å². The van der Waals surface area contributed by atoms with E-state index >= 15 is 0 Å². The number of urea groups is 1. The molecule has 1 aromatic rings. The van der Waals surface area contributed by atoms with Gasteiger partial charge in [-0.3, -0.25) is 0 Å². The molecule has 100 valence electrons. The predicted octanol–water partition coefficient (Wildman–Crippen LogP) is 3.45. The Morgan fingerprint density at radius 2 is 1.94 bits per heavy atom. The van der Waals surface area contributed by atoms with Crippen molar-refractivity contribution in [2.24, 2.45) is 0 Å². The minimum Gasteiger partial charge on any atom is -0.333 e. The van der Waals surface area contributed by atoms with Crippen LogP contribution in [0, 0.1) is 13.8 Å². The van der Waals surface area contributed by atoms with Gasteiger partial charge in [-0.15, -0.1) is 11.3 Å². The number of hydrogen-bond donors (Lipinski definition) is 1. The minimum absolute atomic E-state index is 0.0978. The summed E-state index contributed by atoms with van der Waals surface area (Å²) in [5.74, 6) is 0. The van der Waals surface area contributed by atoms with E-state index in [1.807, 2.05) is 4.90 Å². The summed E-state index contributed by atoms with van der Waals surface area (Å²) in [6.07, 6.45) is 4.80. The molecule has 0 saturated carbocycles. The van der Waals surface area contributed by atoms with Gasteiger partial charge in [0, 0.05) is 22.8 Å². The zero-order valence-electron chi connectivity index (χ0n) is 11.3. The van der Waals surface area contributed by atoms with Crippen molar-refractivity contribution in [1.82, 2.24) is 10.2 Å². The third kappa shape index (κ3) is 3.48. The van der Waals surface area contributed by atoms with E-state index in [1.165, 1.54) is 28.2 Å². The van der Waals surface area contributed by atoms with Crippen molar-refractivity contribution in [2.45, 2.75) is 46.1 Å². The number of thiophene rings is 1. The summed E-state index contributed by atoms with van der Waals surface area (Å²) in [5.41, 5.74) is 1.32. The van der Waals surface area contributed by atoms with Crippen molar-refractivity contribution < 1.29 is 4.79 Å². The molecule has 0 radical (unpaired) electrons. The van der Waals surface area contributed by atoms with Crippen LogP contribution < -0.4 is 5.32 Å². The molecule has 1 aliphatic heterocycles. The highest BCUT2D eigenvalue weighted by Gasteiger charge is 2.15. The molecule has 0 bridgehead atoms. The molecule has 4 heteroatoms. The van der Waals surface area contributed by atoms with Gasteiger partial charge in [0.2, 0.25) is 0 Å². The number of aryl methyl sites for hydroxylation is 2. The third-order valence-corrected chi connectivity index (χ3v) is 4.68. The van der Waals surface area contributed by atoms with Gasteiger partial charge in [0.05, 0.1) is 6.54 Å². The Bertz CT molecular complexity index is 386. The molecule has 2 rings (SSSR count). The van der Waals surface area contributed by atoms with Crippen molar-refractivity contribution in [3.8, 4) is 0 Å². The van der Waals surface area contributed by atoms with Gasteiger partial charge in [-0.25, -0.2) is 4.79 Å². The highest BCUT2D eigenvalue weighted by Crippen LogP contribution is 2.20. The molecule has 18 heavy (non-hydrogen) atoms. The molecule has 1 saturated heterocycles. The van der Waals surface area contributed by atoms with Gasteiger partial charge in [-0.05, 0) is 38.3 Å². The fraction of sp³-hybridized carbons (Fsp3) is 0.643. The van der Waals surface area contributed by atoms with Gasteiger partial charge in [-0.2, -0.15) is 0 Å². The Morgan fingerprint density at radius 3 is 2.50 bits per heavy atom. The van der Waals surface area contributed by atoms with Crippen LogP contribution in [0.1, 0.15) is 41.0 Å².